The van der Waals surface area contributed by atoms with E-state index < -0.39 is 10.0 Å². The lowest BCUT2D eigenvalue weighted by molar-refractivity contribution is -0.120. The van der Waals surface area contributed by atoms with Crippen molar-refractivity contribution in [2.24, 2.45) is 0 Å². The molecule has 0 unspecified atom stereocenters. The Morgan fingerprint density at radius 2 is 1.84 bits per heavy atom. The van der Waals surface area contributed by atoms with Gasteiger partial charge in [-0.3, -0.25) is 4.79 Å². The third-order valence-corrected chi connectivity index (χ3v) is 4.99. The van der Waals surface area contributed by atoms with Crippen LogP contribution in [0.5, 0.6) is 0 Å². The van der Waals surface area contributed by atoms with Gasteiger partial charge >= 0.3 is 0 Å². The molecule has 1 amide bonds. The third-order valence-electron chi connectivity index (χ3n) is 2.15. The fourth-order valence-corrected chi connectivity index (χ4v) is 4.25. The van der Waals surface area contributed by atoms with E-state index in [1.54, 1.807) is 0 Å². The van der Waals surface area contributed by atoms with E-state index in [0.29, 0.717) is 4.47 Å². The quantitative estimate of drug-likeness (QED) is 0.810. The third kappa shape index (κ3) is 4.61. The van der Waals surface area contributed by atoms with Crippen LogP contribution in [0, 0.1) is 0 Å². The van der Waals surface area contributed by atoms with E-state index in [4.69, 9.17) is 23.2 Å². The number of amides is 1. The highest BCUT2D eigenvalue weighted by Gasteiger charge is 2.22. The lowest BCUT2D eigenvalue weighted by Gasteiger charge is -2.10. The van der Waals surface area contributed by atoms with Crippen molar-refractivity contribution < 1.29 is 13.2 Å². The molecule has 1 aromatic carbocycles. The largest absolute Gasteiger partial charge is 0.359 e. The van der Waals surface area contributed by atoms with Gasteiger partial charge in [0.15, 0.2) is 0 Å². The van der Waals surface area contributed by atoms with Crippen molar-refractivity contribution in [3.63, 3.8) is 0 Å². The van der Waals surface area contributed by atoms with Crippen LogP contribution in [0.2, 0.25) is 10.0 Å². The Kier molecular flexibility index (Phi) is 6.07. The van der Waals surface area contributed by atoms with Crippen molar-refractivity contribution in [3.05, 3.63) is 26.7 Å². The van der Waals surface area contributed by atoms with Gasteiger partial charge in [-0.15, -0.1) is 0 Å². The summed E-state index contributed by atoms with van der Waals surface area (Å²) in [6, 6.07) is 2.86. The van der Waals surface area contributed by atoms with Gasteiger partial charge in [0, 0.05) is 24.5 Å². The van der Waals surface area contributed by atoms with Crippen molar-refractivity contribution in [3.8, 4) is 0 Å². The molecule has 1 aromatic rings. The SMILES string of the molecule is CNC(=O)CCNS(=O)(=O)c1c(Cl)cc(Br)cc1Cl. The van der Waals surface area contributed by atoms with Crippen LogP contribution < -0.4 is 10.0 Å². The van der Waals surface area contributed by atoms with E-state index in [1.807, 2.05) is 0 Å². The molecule has 0 atom stereocenters. The smallest absolute Gasteiger partial charge is 0.243 e. The number of hydrogen-bond acceptors (Lipinski definition) is 3. The second-order valence-corrected chi connectivity index (χ2v) is 6.95. The highest BCUT2D eigenvalue weighted by atomic mass is 79.9. The van der Waals surface area contributed by atoms with Crippen LogP contribution in [0.4, 0.5) is 0 Å². The van der Waals surface area contributed by atoms with Crippen molar-refractivity contribution in [1.29, 1.82) is 0 Å². The van der Waals surface area contributed by atoms with Crippen molar-refractivity contribution in [2.75, 3.05) is 13.6 Å². The minimum atomic E-state index is -3.86. The van der Waals surface area contributed by atoms with Gasteiger partial charge in [0.2, 0.25) is 15.9 Å². The van der Waals surface area contributed by atoms with E-state index in [-0.39, 0.29) is 33.8 Å². The fourth-order valence-electron chi connectivity index (χ4n) is 1.28. The molecule has 5 nitrogen and oxygen atoms in total. The van der Waals surface area contributed by atoms with Gasteiger partial charge in [0.05, 0.1) is 10.0 Å². The predicted octanol–water partition coefficient (Wildman–Crippen LogP) is 2.17. The topological polar surface area (TPSA) is 75.3 Å². The van der Waals surface area contributed by atoms with Gasteiger partial charge in [0.25, 0.3) is 0 Å². The summed E-state index contributed by atoms with van der Waals surface area (Å²) in [5, 5.41) is 2.40. The van der Waals surface area contributed by atoms with Gasteiger partial charge in [0.1, 0.15) is 4.90 Å². The van der Waals surface area contributed by atoms with Crippen molar-refractivity contribution in [1.82, 2.24) is 10.0 Å². The Morgan fingerprint density at radius 1 is 1.32 bits per heavy atom. The van der Waals surface area contributed by atoms with Gasteiger partial charge in [-0.1, -0.05) is 39.1 Å². The first-order valence-electron chi connectivity index (χ1n) is 5.12. The molecular weight excluding hydrogens is 379 g/mol. The number of nitrogens with one attached hydrogen (secondary N) is 2. The van der Waals surface area contributed by atoms with Crippen LogP contribution in [0.15, 0.2) is 21.5 Å². The Bertz CT molecular complexity index is 569. The van der Waals surface area contributed by atoms with Crippen LogP contribution in [-0.4, -0.2) is 27.9 Å². The van der Waals surface area contributed by atoms with Gasteiger partial charge in [-0.05, 0) is 12.1 Å². The predicted molar refractivity (Wildman–Crippen MR) is 78.0 cm³/mol. The van der Waals surface area contributed by atoms with Crippen LogP contribution >= 0.6 is 39.1 Å². The molecule has 0 bridgehead atoms. The molecule has 2 N–H and O–H groups in total. The molecule has 9 heteroatoms. The number of sulfonamides is 1. The molecule has 0 aliphatic rings. The summed E-state index contributed by atoms with van der Waals surface area (Å²) in [5.74, 6) is -0.268. The first-order valence-corrected chi connectivity index (χ1v) is 8.16. The molecule has 0 aliphatic heterocycles. The van der Waals surface area contributed by atoms with Crippen LogP contribution in [0.1, 0.15) is 6.42 Å². The van der Waals surface area contributed by atoms with E-state index in [2.05, 4.69) is 26.0 Å². The number of carbonyl (C=O) groups excluding carboxylic acids is 1. The van der Waals surface area contributed by atoms with Crippen molar-refractivity contribution in [2.45, 2.75) is 11.3 Å². The van der Waals surface area contributed by atoms with Crippen molar-refractivity contribution >= 4 is 55.1 Å². The zero-order chi connectivity index (χ0) is 14.6. The normalized spacial score (nSPS) is 11.4. The molecule has 19 heavy (non-hydrogen) atoms. The Labute approximate surface area is 129 Å². The molecule has 0 aliphatic carbocycles. The summed E-state index contributed by atoms with van der Waals surface area (Å²) in [6.07, 6.45) is 0.0293. The monoisotopic (exact) mass is 388 g/mol. The van der Waals surface area contributed by atoms with E-state index in [1.165, 1.54) is 19.2 Å². The zero-order valence-electron chi connectivity index (χ0n) is 9.84. The lowest BCUT2D eigenvalue weighted by atomic mass is 10.4. The highest BCUT2D eigenvalue weighted by Crippen LogP contribution is 2.32. The molecule has 0 aromatic heterocycles. The number of rotatable bonds is 5. The standard InChI is InChI=1S/C10H11BrCl2N2O3S/c1-14-9(16)2-3-15-19(17,18)10-7(12)4-6(11)5-8(10)13/h4-5,15H,2-3H2,1H3,(H,14,16). The van der Waals surface area contributed by atoms with Crippen LogP contribution in [0.25, 0.3) is 0 Å². The molecule has 0 spiro atoms. The van der Waals surface area contributed by atoms with Gasteiger partial charge in [-0.25, -0.2) is 13.1 Å². The fraction of sp³-hybridized carbons (Fsp3) is 0.300. The molecule has 0 heterocycles. The Hall–Kier alpha value is -0.340. The maximum Gasteiger partial charge on any atom is 0.243 e. The Morgan fingerprint density at radius 3 is 2.32 bits per heavy atom. The molecule has 106 valence electrons. The molecule has 0 saturated carbocycles. The number of carbonyl (C=O) groups is 1. The maximum absolute atomic E-state index is 12.0. The average molecular weight is 390 g/mol. The second-order valence-electron chi connectivity index (χ2n) is 3.52. The van der Waals surface area contributed by atoms with E-state index in [0.717, 1.165) is 0 Å². The first kappa shape index (κ1) is 16.7. The number of hydrogen-bond donors (Lipinski definition) is 2. The average Bonchev–Trinajstić information content (AvgIpc) is 2.26. The summed E-state index contributed by atoms with van der Waals surface area (Å²) in [4.78, 5) is 10.8. The van der Waals surface area contributed by atoms with Gasteiger partial charge < -0.3 is 5.32 Å². The molecule has 0 fully saturated rings. The summed E-state index contributed by atoms with van der Waals surface area (Å²) in [5.41, 5.74) is 0. The van der Waals surface area contributed by atoms with E-state index >= 15 is 0 Å². The maximum atomic E-state index is 12.0. The number of halogens is 3. The first-order chi connectivity index (χ1) is 8.77. The molecule has 1 rings (SSSR count). The molecule has 0 saturated heterocycles. The van der Waals surface area contributed by atoms with E-state index in [9.17, 15) is 13.2 Å². The number of benzene rings is 1. The Balaban J connectivity index is 2.92. The molecular formula is C10H11BrCl2N2O3S. The summed E-state index contributed by atoms with van der Waals surface area (Å²) < 4.78 is 26.9. The highest BCUT2D eigenvalue weighted by molar-refractivity contribution is 9.10. The minimum absolute atomic E-state index is 0.00631. The second kappa shape index (κ2) is 6.90. The molecule has 0 radical (unpaired) electrons. The summed E-state index contributed by atoms with van der Waals surface area (Å²) in [6.45, 7) is -0.0370. The summed E-state index contributed by atoms with van der Waals surface area (Å²) in [7, 11) is -2.39. The minimum Gasteiger partial charge on any atom is -0.359 e. The van der Waals surface area contributed by atoms with Crippen LogP contribution in [0.3, 0.4) is 0 Å². The summed E-state index contributed by atoms with van der Waals surface area (Å²) >= 11 is 14.9. The van der Waals surface area contributed by atoms with Crippen LogP contribution in [-0.2, 0) is 14.8 Å². The zero-order valence-corrected chi connectivity index (χ0v) is 13.8. The lowest BCUT2D eigenvalue weighted by Crippen LogP contribution is -2.29. The van der Waals surface area contributed by atoms with Gasteiger partial charge in [-0.2, -0.15) is 0 Å².